The number of rotatable bonds is 11. The Bertz CT molecular complexity index is 639. The third-order valence-corrected chi connectivity index (χ3v) is 4.36. The van der Waals surface area contributed by atoms with Crippen molar-refractivity contribution in [1.82, 2.24) is 10.6 Å². The van der Waals surface area contributed by atoms with Crippen molar-refractivity contribution >= 4 is 35.7 Å². The lowest BCUT2D eigenvalue weighted by Gasteiger charge is -2.18. The van der Waals surface area contributed by atoms with Crippen LogP contribution in [0.3, 0.4) is 0 Å². The highest BCUT2D eigenvalue weighted by Crippen LogP contribution is 2.13. The zero-order chi connectivity index (χ0) is 19.5. The molecule has 5 N–H and O–H groups in total. The Hall–Kier alpha value is -2.75. The van der Waals surface area contributed by atoms with Gasteiger partial charge in [-0.3, -0.25) is 4.79 Å². The number of hydrogen-bond acceptors (Lipinski definition) is 5. The number of carboxylic acid groups (broad SMARTS) is 3. The van der Waals surface area contributed by atoms with Gasteiger partial charge in [0.25, 0.3) is 0 Å². The van der Waals surface area contributed by atoms with Gasteiger partial charge in [0.1, 0.15) is 12.1 Å². The SMILES string of the molecule is O=C(O)CC[C@H](NC(=O)NC(CSCc1ccccc1)C(=O)O)C(=O)O. The van der Waals surface area contributed by atoms with Crippen molar-refractivity contribution in [3.8, 4) is 0 Å². The second-order valence-corrected chi connectivity index (χ2v) is 6.36. The molecule has 1 unspecified atom stereocenters. The van der Waals surface area contributed by atoms with E-state index in [-0.39, 0.29) is 12.2 Å². The molecule has 1 rings (SSSR count). The number of hydrogen-bond donors (Lipinski definition) is 5. The van der Waals surface area contributed by atoms with Crippen LogP contribution in [-0.2, 0) is 20.1 Å². The summed E-state index contributed by atoms with van der Waals surface area (Å²) in [5.41, 5.74) is 1.01. The fourth-order valence-corrected chi connectivity index (χ4v) is 2.93. The van der Waals surface area contributed by atoms with Crippen LogP contribution in [0.25, 0.3) is 0 Å². The van der Waals surface area contributed by atoms with Crippen molar-refractivity contribution in [2.45, 2.75) is 30.7 Å². The standard InChI is InChI=1S/C16H20N2O7S/c19-13(20)7-6-11(14(21)22)17-16(25)18-12(15(23)24)9-26-8-10-4-2-1-3-5-10/h1-5,11-12H,6-9H2,(H,19,20)(H,21,22)(H,23,24)(H2,17,18,25)/t11-,12?/m0/s1. The minimum atomic E-state index is -1.42. The molecule has 0 saturated carbocycles. The quantitative estimate of drug-likeness (QED) is 0.378. The highest BCUT2D eigenvalue weighted by Gasteiger charge is 2.24. The Labute approximate surface area is 153 Å². The molecule has 0 fully saturated rings. The number of urea groups is 1. The number of aliphatic carboxylic acids is 3. The van der Waals surface area contributed by atoms with Gasteiger partial charge in [-0.2, -0.15) is 11.8 Å². The van der Waals surface area contributed by atoms with Gasteiger partial charge >= 0.3 is 23.9 Å². The van der Waals surface area contributed by atoms with Crippen LogP contribution in [0, 0.1) is 0 Å². The van der Waals surface area contributed by atoms with Gasteiger partial charge in [0, 0.05) is 17.9 Å². The Morgan fingerprint density at radius 1 is 0.923 bits per heavy atom. The Balaban J connectivity index is 2.51. The molecule has 1 aromatic carbocycles. The maximum atomic E-state index is 11.8. The highest BCUT2D eigenvalue weighted by molar-refractivity contribution is 7.98. The molecule has 1 aromatic rings. The third kappa shape index (κ3) is 8.38. The van der Waals surface area contributed by atoms with E-state index in [4.69, 9.17) is 10.2 Å². The molecule has 0 aliphatic carbocycles. The zero-order valence-corrected chi connectivity index (χ0v) is 14.6. The first-order valence-electron chi connectivity index (χ1n) is 7.65. The number of carbonyl (C=O) groups excluding carboxylic acids is 1. The molecule has 0 heterocycles. The molecule has 0 saturated heterocycles. The lowest BCUT2D eigenvalue weighted by molar-refractivity contribution is -0.140. The molecule has 142 valence electrons. The number of amides is 2. The summed E-state index contributed by atoms with van der Waals surface area (Å²) in [5.74, 6) is -3.20. The zero-order valence-electron chi connectivity index (χ0n) is 13.8. The molecule has 10 heteroatoms. The van der Waals surface area contributed by atoms with Crippen molar-refractivity contribution in [1.29, 1.82) is 0 Å². The largest absolute Gasteiger partial charge is 0.481 e. The first-order chi connectivity index (χ1) is 12.3. The van der Waals surface area contributed by atoms with Crippen molar-refractivity contribution in [3.05, 3.63) is 35.9 Å². The van der Waals surface area contributed by atoms with Crippen LogP contribution in [-0.4, -0.2) is 57.1 Å². The molecule has 0 aliphatic heterocycles. The van der Waals surface area contributed by atoms with E-state index in [1.165, 1.54) is 11.8 Å². The van der Waals surface area contributed by atoms with E-state index < -0.39 is 42.4 Å². The summed E-state index contributed by atoms with van der Waals surface area (Å²) in [6, 6.07) is 5.76. The summed E-state index contributed by atoms with van der Waals surface area (Å²) < 4.78 is 0. The molecule has 9 nitrogen and oxygen atoms in total. The Morgan fingerprint density at radius 3 is 2.04 bits per heavy atom. The molecule has 2 amide bonds. The third-order valence-electron chi connectivity index (χ3n) is 3.25. The van der Waals surface area contributed by atoms with Crippen molar-refractivity contribution in [2.75, 3.05) is 5.75 Å². The van der Waals surface area contributed by atoms with Crippen molar-refractivity contribution < 1.29 is 34.5 Å². The molecular formula is C16H20N2O7S. The summed E-state index contributed by atoms with van der Waals surface area (Å²) >= 11 is 1.31. The van der Waals surface area contributed by atoms with Gasteiger partial charge in [-0.1, -0.05) is 30.3 Å². The van der Waals surface area contributed by atoms with E-state index in [0.29, 0.717) is 5.75 Å². The van der Waals surface area contributed by atoms with Gasteiger partial charge in [-0.05, 0) is 12.0 Å². The van der Waals surface area contributed by atoms with Crippen LogP contribution in [0.1, 0.15) is 18.4 Å². The highest BCUT2D eigenvalue weighted by atomic mass is 32.2. The summed E-state index contributed by atoms with van der Waals surface area (Å²) in [5, 5.41) is 31.0. The molecule has 0 radical (unpaired) electrons. The molecular weight excluding hydrogens is 364 g/mol. The average molecular weight is 384 g/mol. The number of thioether (sulfide) groups is 1. The van der Waals surface area contributed by atoms with E-state index in [1.807, 2.05) is 30.3 Å². The Kier molecular flexibility index (Phi) is 8.99. The van der Waals surface area contributed by atoms with Crippen LogP contribution in [0.2, 0.25) is 0 Å². The monoisotopic (exact) mass is 384 g/mol. The minimum Gasteiger partial charge on any atom is -0.481 e. The van der Waals surface area contributed by atoms with Crippen LogP contribution < -0.4 is 10.6 Å². The first kappa shape index (κ1) is 21.3. The summed E-state index contributed by atoms with van der Waals surface area (Å²) in [7, 11) is 0. The van der Waals surface area contributed by atoms with E-state index >= 15 is 0 Å². The van der Waals surface area contributed by atoms with Gasteiger partial charge in [0.15, 0.2) is 0 Å². The first-order valence-corrected chi connectivity index (χ1v) is 8.81. The molecule has 0 aliphatic rings. The molecule has 0 bridgehead atoms. The van der Waals surface area contributed by atoms with Crippen molar-refractivity contribution in [3.63, 3.8) is 0 Å². The van der Waals surface area contributed by atoms with Gasteiger partial charge in [0.2, 0.25) is 0 Å². The number of carbonyl (C=O) groups is 4. The topological polar surface area (TPSA) is 153 Å². The lowest BCUT2D eigenvalue weighted by atomic mass is 10.1. The van der Waals surface area contributed by atoms with Crippen LogP contribution in [0.15, 0.2) is 30.3 Å². The minimum absolute atomic E-state index is 0.0878. The summed E-state index contributed by atoms with van der Waals surface area (Å²) in [4.78, 5) is 44.7. The average Bonchev–Trinajstić information content (AvgIpc) is 2.58. The number of benzene rings is 1. The van der Waals surface area contributed by atoms with Gasteiger partial charge in [-0.15, -0.1) is 0 Å². The second-order valence-electron chi connectivity index (χ2n) is 5.33. The molecule has 0 aromatic heterocycles. The van der Waals surface area contributed by atoms with Gasteiger partial charge in [-0.25, -0.2) is 14.4 Å². The number of nitrogens with one attached hydrogen (secondary N) is 2. The van der Waals surface area contributed by atoms with E-state index in [1.54, 1.807) is 0 Å². The lowest BCUT2D eigenvalue weighted by Crippen LogP contribution is -2.52. The van der Waals surface area contributed by atoms with E-state index in [0.717, 1.165) is 5.56 Å². The number of carboxylic acids is 3. The van der Waals surface area contributed by atoms with E-state index in [2.05, 4.69) is 10.6 Å². The smallest absolute Gasteiger partial charge is 0.327 e. The Morgan fingerprint density at radius 2 is 1.50 bits per heavy atom. The fourth-order valence-electron chi connectivity index (χ4n) is 1.93. The maximum Gasteiger partial charge on any atom is 0.327 e. The van der Waals surface area contributed by atoms with Gasteiger partial charge < -0.3 is 26.0 Å². The van der Waals surface area contributed by atoms with Crippen LogP contribution in [0.5, 0.6) is 0 Å². The summed E-state index contributed by atoms with van der Waals surface area (Å²) in [6.45, 7) is 0. The van der Waals surface area contributed by atoms with Crippen LogP contribution in [0.4, 0.5) is 4.79 Å². The molecule has 26 heavy (non-hydrogen) atoms. The van der Waals surface area contributed by atoms with Gasteiger partial charge in [0.05, 0.1) is 0 Å². The fraction of sp³-hybridized carbons (Fsp3) is 0.375. The van der Waals surface area contributed by atoms with E-state index in [9.17, 15) is 24.3 Å². The second kappa shape index (κ2) is 11.0. The van der Waals surface area contributed by atoms with Crippen molar-refractivity contribution in [2.24, 2.45) is 0 Å². The normalized spacial score (nSPS) is 12.6. The predicted molar refractivity (Wildman–Crippen MR) is 94.0 cm³/mol. The predicted octanol–water partition coefficient (Wildman–Crippen LogP) is 0.990. The maximum absolute atomic E-state index is 11.8. The molecule has 2 atom stereocenters. The molecule has 0 spiro atoms. The van der Waals surface area contributed by atoms with Crippen LogP contribution >= 0.6 is 11.8 Å². The summed E-state index contributed by atoms with van der Waals surface area (Å²) in [6.07, 6.45) is -0.745.